The zero-order valence-corrected chi connectivity index (χ0v) is 14.3. The first kappa shape index (κ1) is 20.3. The van der Waals surface area contributed by atoms with Crippen LogP contribution in [0.2, 0.25) is 0 Å². The van der Waals surface area contributed by atoms with Gasteiger partial charge in [0.1, 0.15) is 5.75 Å². The molecule has 2 N–H and O–H groups in total. The topological polar surface area (TPSA) is 68.8 Å². The summed E-state index contributed by atoms with van der Waals surface area (Å²) in [4.78, 5) is 12.2. The fourth-order valence-corrected chi connectivity index (χ4v) is 1.87. The average Bonchev–Trinajstić information content (AvgIpc) is 2.52. The second-order valence-corrected chi connectivity index (χ2v) is 4.41. The Morgan fingerprint density at radius 1 is 0.955 bits per heavy atom. The minimum absolute atomic E-state index is 0. The molecule has 0 spiro atoms. The van der Waals surface area contributed by atoms with E-state index in [2.05, 4.69) is 17.6 Å². The van der Waals surface area contributed by atoms with Gasteiger partial charge in [-0.05, 0) is 13.0 Å². The van der Waals surface area contributed by atoms with Crippen LogP contribution in [0.25, 0.3) is 0 Å². The molecule has 22 heavy (non-hydrogen) atoms. The molecule has 0 aliphatic rings. The number of hydrogen-bond donors (Lipinski definition) is 2. The summed E-state index contributed by atoms with van der Waals surface area (Å²) in [5.74, 6) is 1.26. The summed E-state index contributed by atoms with van der Waals surface area (Å²) >= 11 is 0. The van der Waals surface area contributed by atoms with Gasteiger partial charge in [0.25, 0.3) is 5.91 Å². The summed E-state index contributed by atoms with van der Waals surface area (Å²) in [5.41, 5.74) is 0.422. The summed E-state index contributed by atoms with van der Waals surface area (Å²) in [7, 11) is 4.58. The van der Waals surface area contributed by atoms with Gasteiger partial charge in [0, 0.05) is 25.2 Å². The second-order valence-electron chi connectivity index (χ2n) is 4.41. The van der Waals surface area contributed by atoms with Gasteiger partial charge in [0.05, 0.1) is 26.9 Å². The number of rotatable bonds is 9. The number of halogens is 1. The van der Waals surface area contributed by atoms with E-state index in [9.17, 15) is 4.79 Å². The largest absolute Gasteiger partial charge is 0.496 e. The zero-order chi connectivity index (χ0) is 15.7. The van der Waals surface area contributed by atoms with Gasteiger partial charge in [-0.2, -0.15) is 0 Å². The standard InChI is InChI=1S/C15H24N2O4.ClH/c1-5-6-16-7-8-17-15(18)11-9-13(20-3)14(21-4)10-12(11)19-2;/h9-10,16H,5-8H2,1-4H3,(H,17,18);1H. The SMILES string of the molecule is CCCNCCNC(=O)c1cc(OC)c(OC)cc1OC.Cl. The van der Waals surface area contributed by atoms with Crippen molar-refractivity contribution in [3.05, 3.63) is 17.7 Å². The van der Waals surface area contributed by atoms with Gasteiger partial charge < -0.3 is 24.8 Å². The van der Waals surface area contributed by atoms with Crippen molar-refractivity contribution in [3.8, 4) is 17.2 Å². The van der Waals surface area contributed by atoms with Gasteiger partial charge in [-0.15, -0.1) is 12.4 Å². The Balaban J connectivity index is 0.00000441. The number of ether oxygens (including phenoxy) is 3. The highest BCUT2D eigenvalue weighted by Gasteiger charge is 2.17. The van der Waals surface area contributed by atoms with E-state index in [0.29, 0.717) is 29.4 Å². The maximum Gasteiger partial charge on any atom is 0.255 e. The molecule has 1 aromatic rings. The summed E-state index contributed by atoms with van der Waals surface area (Å²) < 4.78 is 15.6. The third kappa shape index (κ3) is 5.61. The highest BCUT2D eigenvalue weighted by molar-refractivity contribution is 5.97. The predicted molar refractivity (Wildman–Crippen MR) is 88.8 cm³/mol. The molecule has 0 heterocycles. The molecule has 0 saturated heterocycles. The molecule has 1 amide bonds. The molecule has 0 saturated carbocycles. The van der Waals surface area contributed by atoms with Crippen LogP contribution >= 0.6 is 12.4 Å². The molecule has 0 bridgehead atoms. The predicted octanol–water partition coefficient (Wildman–Crippen LogP) is 1.86. The van der Waals surface area contributed by atoms with Crippen molar-refractivity contribution in [2.24, 2.45) is 0 Å². The number of methoxy groups -OCH3 is 3. The Morgan fingerprint density at radius 3 is 2.09 bits per heavy atom. The zero-order valence-electron chi connectivity index (χ0n) is 13.5. The fourth-order valence-electron chi connectivity index (χ4n) is 1.87. The van der Waals surface area contributed by atoms with Crippen molar-refractivity contribution in [2.45, 2.75) is 13.3 Å². The fraction of sp³-hybridized carbons (Fsp3) is 0.533. The van der Waals surface area contributed by atoms with Gasteiger partial charge in [0.2, 0.25) is 0 Å². The third-order valence-electron chi connectivity index (χ3n) is 2.96. The number of amides is 1. The van der Waals surface area contributed by atoms with Crippen molar-refractivity contribution in [1.82, 2.24) is 10.6 Å². The molecule has 0 atom stereocenters. The van der Waals surface area contributed by atoms with Crippen LogP contribution in [0.15, 0.2) is 12.1 Å². The second kappa shape index (κ2) is 11.0. The molecular formula is C15H25ClN2O4. The van der Waals surface area contributed by atoms with Crippen molar-refractivity contribution in [2.75, 3.05) is 41.0 Å². The van der Waals surface area contributed by atoms with Gasteiger partial charge in [-0.3, -0.25) is 4.79 Å². The lowest BCUT2D eigenvalue weighted by Gasteiger charge is -2.14. The number of nitrogens with one attached hydrogen (secondary N) is 2. The summed E-state index contributed by atoms with van der Waals surface area (Å²) in [6.45, 7) is 4.32. The van der Waals surface area contributed by atoms with Crippen LogP contribution in [0.1, 0.15) is 23.7 Å². The quantitative estimate of drug-likeness (QED) is 0.676. The molecule has 7 heteroatoms. The van der Waals surface area contributed by atoms with Gasteiger partial charge >= 0.3 is 0 Å². The van der Waals surface area contributed by atoms with Crippen LogP contribution in [0.3, 0.4) is 0 Å². The van der Waals surface area contributed by atoms with E-state index in [1.807, 2.05) is 0 Å². The molecule has 1 aromatic carbocycles. The normalized spacial score (nSPS) is 9.64. The van der Waals surface area contributed by atoms with E-state index in [1.165, 1.54) is 21.3 Å². The Bertz CT molecular complexity index is 469. The van der Waals surface area contributed by atoms with Gasteiger partial charge in [-0.25, -0.2) is 0 Å². The van der Waals surface area contributed by atoms with Crippen molar-refractivity contribution >= 4 is 18.3 Å². The lowest BCUT2D eigenvalue weighted by Crippen LogP contribution is -2.32. The molecule has 126 valence electrons. The molecule has 0 radical (unpaired) electrons. The number of carbonyl (C=O) groups excluding carboxylic acids is 1. The first-order valence-corrected chi connectivity index (χ1v) is 6.96. The molecular weight excluding hydrogens is 308 g/mol. The van der Waals surface area contributed by atoms with E-state index in [-0.39, 0.29) is 18.3 Å². The van der Waals surface area contributed by atoms with Crippen LogP contribution in [-0.2, 0) is 0 Å². The lowest BCUT2D eigenvalue weighted by atomic mass is 10.1. The van der Waals surface area contributed by atoms with Crippen LogP contribution in [0.4, 0.5) is 0 Å². The monoisotopic (exact) mass is 332 g/mol. The van der Waals surface area contributed by atoms with E-state index >= 15 is 0 Å². The first-order chi connectivity index (χ1) is 10.2. The van der Waals surface area contributed by atoms with Crippen LogP contribution in [-0.4, -0.2) is 46.9 Å². The molecule has 0 fully saturated rings. The number of hydrogen-bond acceptors (Lipinski definition) is 5. The van der Waals surface area contributed by atoms with Crippen LogP contribution < -0.4 is 24.8 Å². The summed E-state index contributed by atoms with van der Waals surface area (Å²) in [5, 5.41) is 6.06. The van der Waals surface area contributed by atoms with E-state index in [4.69, 9.17) is 14.2 Å². The Labute approximate surface area is 137 Å². The van der Waals surface area contributed by atoms with Crippen molar-refractivity contribution in [3.63, 3.8) is 0 Å². The van der Waals surface area contributed by atoms with Crippen LogP contribution in [0.5, 0.6) is 17.2 Å². The molecule has 6 nitrogen and oxygen atoms in total. The average molecular weight is 333 g/mol. The van der Waals surface area contributed by atoms with E-state index in [1.54, 1.807) is 12.1 Å². The minimum atomic E-state index is -0.203. The van der Waals surface area contributed by atoms with E-state index < -0.39 is 0 Å². The van der Waals surface area contributed by atoms with E-state index in [0.717, 1.165) is 19.5 Å². The Kier molecular flexibility index (Phi) is 10.2. The smallest absolute Gasteiger partial charge is 0.255 e. The Hall–Kier alpha value is -1.66. The van der Waals surface area contributed by atoms with Crippen molar-refractivity contribution in [1.29, 1.82) is 0 Å². The molecule has 0 aliphatic carbocycles. The summed E-state index contributed by atoms with van der Waals surface area (Å²) in [6.07, 6.45) is 1.07. The molecule has 0 aliphatic heterocycles. The highest BCUT2D eigenvalue weighted by atomic mass is 35.5. The number of benzene rings is 1. The lowest BCUT2D eigenvalue weighted by molar-refractivity contribution is 0.0950. The van der Waals surface area contributed by atoms with Crippen molar-refractivity contribution < 1.29 is 19.0 Å². The maximum atomic E-state index is 12.2. The van der Waals surface area contributed by atoms with Gasteiger partial charge in [0.15, 0.2) is 11.5 Å². The minimum Gasteiger partial charge on any atom is -0.496 e. The molecule has 0 aromatic heterocycles. The first-order valence-electron chi connectivity index (χ1n) is 6.96. The van der Waals surface area contributed by atoms with Gasteiger partial charge in [-0.1, -0.05) is 6.92 Å². The molecule has 1 rings (SSSR count). The highest BCUT2D eigenvalue weighted by Crippen LogP contribution is 2.34. The Morgan fingerprint density at radius 2 is 1.55 bits per heavy atom. The maximum absolute atomic E-state index is 12.2. The third-order valence-corrected chi connectivity index (χ3v) is 2.96. The summed E-state index contributed by atoms with van der Waals surface area (Å²) in [6, 6.07) is 3.26. The number of carbonyl (C=O) groups is 1. The molecule has 0 unspecified atom stereocenters. The van der Waals surface area contributed by atoms with Crippen LogP contribution in [0, 0.1) is 0 Å².